The highest BCUT2D eigenvalue weighted by molar-refractivity contribution is 14.1. The molecule has 1 heterocycles. The molecule has 0 saturated carbocycles. The summed E-state index contributed by atoms with van der Waals surface area (Å²) in [6.07, 6.45) is 0. The first-order chi connectivity index (χ1) is 11.9. The van der Waals surface area contributed by atoms with Crippen molar-refractivity contribution >= 4 is 46.0 Å². The molecular formula is C18H14FIN2O3. The molecule has 0 N–H and O–H groups in total. The summed E-state index contributed by atoms with van der Waals surface area (Å²) in [5.41, 5.74) is 0.852. The number of Topliss-reactive ketones (excluding diaryl/α,β-unsaturated/α-hetero) is 1. The topological polar surface area (TPSA) is 57.7 Å². The van der Waals surface area contributed by atoms with Gasteiger partial charge in [-0.2, -0.15) is 0 Å². The highest BCUT2D eigenvalue weighted by Crippen LogP contribution is 2.26. The van der Waals surface area contributed by atoms with Gasteiger partial charge in [-0.15, -0.1) is 0 Å². The van der Waals surface area contributed by atoms with E-state index < -0.39 is 23.8 Å². The predicted molar refractivity (Wildman–Crippen MR) is 98.9 cm³/mol. The fourth-order valence-corrected chi connectivity index (χ4v) is 3.04. The number of hydrogen-bond acceptors (Lipinski definition) is 3. The van der Waals surface area contributed by atoms with E-state index in [9.17, 15) is 18.8 Å². The van der Waals surface area contributed by atoms with Crippen LogP contribution in [0.5, 0.6) is 0 Å². The molecule has 0 bridgehead atoms. The van der Waals surface area contributed by atoms with E-state index in [-0.39, 0.29) is 12.3 Å². The third-order valence-corrected chi connectivity index (χ3v) is 4.74. The number of nitrogens with zero attached hydrogens (tertiary/aromatic N) is 2. The molecular weight excluding hydrogens is 438 g/mol. The van der Waals surface area contributed by atoms with Gasteiger partial charge < -0.3 is 0 Å². The molecule has 1 atom stereocenters. The Morgan fingerprint density at radius 3 is 2.28 bits per heavy atom. The lowest BCUT2D eigenvalue weighted by Gasteiger charge is -2.19. The van der Waals surface area contributed by atoms with Crippen molar-refractivity contribution in [2.75, 3.05) is 11.4 Å². The minimum absolute atomic E-state index is 0.314. The van der Waals surface area contributed by atoms with Crippen molar-refractivity contribution in [2.24, 2.45) is 0 Å². The zero-order valence-electron chi connectivity index (χ0n) is 13.3. The van der Waals surface area contributed by atoms with Gasteiger partial charge in [-0.05, 0) is 65.9 Å². The number of benzene rings is 2. The van der Waals surface area contributed by atoms with Crippen molar-refractivity contribution in [2.45, 2.75) is 13.0 Å². The summed E-state index contributed by atoms with van der Waals surface area (Å²) in [4.78, 5) is 39.6. The lowest BCUT2D eigenvalue weighted by Crippen LogP contribution is -2.37. The summed E-state index contributed by atoms with van der Waals surface area (Å²) >= 11 is 2.13. The van der Waals surface area contributed by atoms with E-state index in [2.05, 4.69) is 22.6 Å². The molecule has 1 aliphatic heterocycles. The van der Waals surface area contributed by atoms with Crippen LogP contribution in [0.4, 0.5) is 14.9 Å². The molecule has 25 heavy (non-hydrogen) atoms. The van der Waals surface area contributed by atoms with Gasteiger partial charge in [0.15, 0.2) is 5.78 Å². The molecule has 3 amide bonds. The maximum absolute atomic E-state index is 13.1. The quantitative estimate of drug-likeness (QED) is 0.406. The molecule has 3 rings (SSSR count). The lowest BCUT2D eigenvalue weighted by molar-refractivity contribution is -0.126. The number of imide groups is 1. The normalized spacial score (nSPS) is 17.3. The van der Waals surface area contributed by atoms with Crippen LogP contribution in [-0.4, -0.2) is 35.2 Å². The number of carbonyl (C=O) groups excluding carboxylic acids is 3. The fourth-order valence-electron chi connectivity index (χ4n) is 2.68. The summed E-state index contributed by atoms with van der Waals surface area (Å²) in [7, 11) is 0. The Labute approximate surface area is 157 Å². The van der Waals surface area contributed by atoms with Gasteiger partial charge >= 0.3 is 6.03 Å². The van der Waals surface area contributed by atoms with Crippen molar-refractivity contribution in [1.82, 2.24) is 4.90 Å². The summed E-state index contributed by atoms with van der Waals surface area (Å²) < 4.78 is 14.1. The van der Waals surface area contributed by atoms with E-state index in [0.29, 0.717) is 11.3 Å². The molecule has 1 saturated heterocycles. The van der Waals surface area contributed by atoms with Crippen molar-refractivity contribution in [3.63, 3.8) is 0 Å². The summed E-state index contributed by atoms with van der Waals surface area (Å²) in [5, 5.41) is 0. The van der Waals surface area contributed by atoms with Crippen LogP contribution in [-0.2, 0) is 4.79 Å². The van der Waals surface area contributed by atoms with E-state index >= 15 is 0 Å². The molecule has 1 unspecified atom stereocenters. The van der Waals surface area contributed by atoms with E-state index in [1.807, 2.05) is 0 Å². The van der Waals surface area contributed by atoms with Gasteiger partial charge in [-0.3, -0.25) is 19.4 Å². The molecule has 0 radical (unpaired) electrons. The number of amides is 3. The van der Waals surface area contributed by atoms with Crippen LogP contribution in [0, 0.1) is 9.39 Å². The highest BCUT2D eigenvalue weighted by atomic mass is 127. The molecule has 7 heteroatoms. The Balaban J connectivity index is 1.81. The number of carbonyl (C=O) groups is 3. The number of ketones is 1. The molecule has 0 spiro atoms. The lowest BCUT2D eigenvalue weighted by atomic mass is 10.1. The van der Waals surface area contributed by atoms with Gasteiger partial charge in [-0.1, -0.05) is 12.1 Å². The SMILES string of the molecule is CC1C(=O)N(CC(=O)c2ccc(I)cc2)C(=O)N1c1ccc(F)cc1. The molecule has 1 aliphatic rings. The first-order valence-corrected chi connectivity index (χ1v) is 8.65. The molecule has 0 aromatic heterocycles. The van der Waals surface area contributed by atoms with Gasteiger partial charge in [-0.25, -0.2) is 9.18 Å². The van der Waals surface area contributed by atoms with Gasteiger partial charge in [0, 0.05) is 14.8 Å². The third-order valence-electron chi connectivity index (χ3n) is 4.02. The summed E-state index contributed by atoms with van der Waals surface area (Å²) in [5.74, 6) is -1.19. The van der Waals surface area contributed by atoms with E-state index in [4.69, 9.17) is 0 Å². The highest BCUT2D eigenvalue weighted by Gasteiger charge is 2.44. The van der Waals surface area contributed by atoms with Gasteiger partial charge in [0.1, 0.15) is 11.9 Å². The number of anilines is 1. The minimum atomic E-state index is -0.748. The van der Waals surface area contributed by atoms with Crippen molar-refractivity contribution in [1.29, 1.82) is 0 Å². The van der Waals surface area contributed by atoms with Crippen molar-refractivity contribution < 1.29 is 18.8 Å². The monoisotopic (exact) mass is 452 g/mol. The van der Waals surface area contributed by atoms with E-state index in [1.165, 1.54) is 29.2 Å². The van der Waals surface area contributed by atoms with Crippen LogP contribution in [0.1, 0.15) is 17.3 Å². The van der Waals surface area contributed by atoms with Crippen molar-refractivity contribution in [3.05, 3.63) is 63.5 Å². The number of hydrogen-bond donors (Lipinski definition) is 0. The van der Waals surface area contributed by atoms with Crippen LogP contribution >= 0.6 is 22.6 Å². The molecule has 5 nitrogen and oxygen atoms in total. The summed E-state index contributed by atoms with van der Waals surface area (Å²) in [6.45, 7) is 1.26. The molecule has 0 aliphatic carbocycles. The van der Waals surface area contributed by atoms with Crippen LogP contribution in [0.25, 0.3) is 0 Å². The second-order valence-corrected chi connectivity index (χ2v) is 6.91. The maximum Gasteiger partial charge on any atom is 0.332 e. The predicted octanol–water partition coefficient (Wildman–Crippen LogP) is 3.47. The first kappa shape index (κ1) is 17.5. The molecule has 1 fully saturated rings. The van der Waals surface area contributed by atoms with Crippen LogP contribution in [0.2, 0.25) is 0 Å². The van der Waals surface area contributed by atoms with Crippen LogP contribution in [0.3, 0.4) is 0 Å². The standard InChI is InChI=1S/C18H14FIN2O3/c1-11-17(24)21(10-16(23)12-2-6-14(20)7-3-12)18(25)22(11)15-8-4-13(19)5-9-15/h2-9,11H,10H2,1H3. The Bertz CT molecular complexity index is 836. The Kier molecular flexibility index (Phi) is 4.85. The van der Waals surface area contributed by atoms with Crippen molar-refractivity contribution in [3.8, 4) is 0 Å². The van der Waals surface area contributed by atoms with E-state index in [0.717, 1.165) is 8.47 Å². The Hall–Kier alpha value is -2.29. The van der Waals surface area contributed by atoms with Crippen LogP contribution in [0.15, 0.2) is 48.5 Å². The molecule has 2 aromatic carbocycles. The zero-order chi connectivity index (χ0) is 18.1. The van der Waals surface area contributed by atoms with Crippen LogP contribution < -0.4 is 4.90 Å². The maximum atomic E-state index is 13.1. The summed E-state index contributed by atoms with van der Waals surface area (Å²) in [6, 6.07) is 10.9. The third kappa shape index (κ3) is 3.41. The minimum Gasteiger partial charge on any atom is -0.292 e. The second-order valence-electron chi connectivity index (χ2n) is 5.66. The van der Waals surface area contributed by atoms with E-state index in [1.54, 1.807) is 31.2 Å². The second kappa shape index (κ2) is 6.91. The fraction of sp³-hybridized carbons (Fsp3) is 0.167. The smallest absolute Gasteiger partial charge is 0.292 e. The molecule has 2 aromatic rings. The number of urea groups is 1. The Morgan fingerprint density at radius 2 is 1.68 bits per heavy atom. The average Bonchev–Trinajstić information content (AvgIpc) is 2.80. The first-order valence-electron chi connectivity index (χ1n) is 7.57. The zero-order valence-corrected chi connectivity index (χ0v) is 15.4. The Morgan fingerprint density at radius 1 is 1.08 bits per heavy atom. The average molecular weight is 452 g/mol. The van der Waals surface area contributed by atoms with Gasteiger partial charge in [0.05, 0.1) is 6.54 Å². The largest absolute Gasteiger partial charge is 0.332 e. The van der Waals surface area contributed by atoms with Gasteiger partial charge in [0.2, 0.25) is 0 Å². The number of rotatable bonds is 4. The number of halogens is 2. The molecule has 128 valence electrons. The van der Waals surface area contributed by atoms with Gasteiger partial charge in [0.25, 0.3) is 5.91 Å².